The highest BCUT2D eigenvalue weighted by Gasteiger charge is 2.18. The number of rotatable bonds is 3. The van der Waals surface area contributed by atoms with Crippen LogP contribution in [0.3, 0.4) is 0 Å². The van der Waals surface area contributed by atoms with E-state index in [1.807, 2.05) is 0 Å². The highest BCUT2D eigenvalue weighted by atomic mass is 16.3. The van der Waals surface area contributed by atoms with Crippen LogP contribution in [0.1, 0.15) is 0 Å². The Morgan fingerprint density at radius 2 is 0.905 bits per heavy atom. The average molecular weight is 536 g/mol. The van der Waals surface area contributed by atoms with Gasteiger partial charge in [0.2, 0.25) is 0 Å². The monoisotopic (exact) mass is 535 g/mol. The van der Waals surface area contributed by atoms with Gasteiger partial charge in [-0.3, -0.25) is 0 Å². The molecule has 1 aromatic heterocycles. The van der Waals surface area contributed by atoms with E-state index in [2.05, 4.69) is 157 Å². The fourth-order valence-electron chi connectivity index (χ4n) is 6.60. The molecule has 9 aromatic rings. The normalized spacial score (nSPS) is 11.8. The van der Waals surface area contributed by atoms with Crippen LogP contribution in [0.4, 0.5) is 17.1 Å². The van der Waals surface area contributed by atoms with Crippen molar-refractivity contribution in [2.45, 2.75) is 0 Å². The van der Waals surface area contributed by atoms with Crippen molar-refractivity contribution in [1.29, 1.82) is 0 Å². The number of furan rings is 1. The molecule has 0 radical (unpaired) electrons. The molecule has 0 aliphatic rings. The average Bonchev–Trinajstić information content (AvgIpc) is 3.43. The molecule has 0 aliphatic carbocycles. The number of anilines is 3. The van der Waals surface area contributed by atoms with Crippen LogP contribution in [0.5, 0.6) is 0 Å². The number of fused-ring (bicyclic) bond motifs is 9. The van der Waals surface area contributed by atoms with Crippen LogP contribution in [-0.4, -0.2) is 0 Å². The van der Waals surface area contributed by atoms with Crippen molar-refractivity contribution < 1.29 is 4.42 Å². The second-order valence-corrected chi connectivity index (χ2v) is 11.0. The zero-order valence-corrected chi connectivity index (χ0v) is 22.8. The minimum absolute atomic E-state index is 0.885. The predicted octanol–water partition coefficient (Wildman–Crippen LogP) is 11.7. The number of nitrogens with zero attached hydrogens (tertiary/aromatic N) is 1. The Kier molecular flexibility index (Phi) is 4.93. The molecule has 9 rings (SSSR count). The van der Waals surface area contributed by atoms with E-state index in [0.717, 1.165) is 44.4 Å². The van der Waals surface area contributed by atoms with Crippen LogP contribution >= 0.6 is 0 Å². The molecule has 0 fully saturated rings. The summed E-state index contributed by atoms with van der Waals surface area (Å²) in [4.78, 5) is 2.36. The van der Waals surface area contributed by atoms with Crippen molar-refractivity contribution in [1.82, 2.24) is 0 Å². The lowest BCUT2D eigenvalue weighted by atomic mass is 10.0. The summed E-state index contributed by atoms with van der Waals surface area (Å²) in [5.74, 6) is 0. The van der Waals surface area contributed by atoms with Gasteiger partial charge in [0, 0.05) is 39.0 Å². The summed E-state index contributed by atoms with van der Waals surface area (Å²) in [7, 11) is 0. The highest BCUT2D eigenvalue weighted by molar-refractivity contribution is 6.16. The molecule has 0 N–H and O–H groups in total. The zero-order valence-electron chi connectivity index (χ0n) is 22.8. The third-order valence-corrected chi connectivity index (χ3v) is 8.60. The van der Waals surface area contributed by atoms with E-state index in [1.54, 1.807) is 0 Å². The fraction of sp³-hybridized carbons (Fsp3) is 0. The molecule has 42 heavy (non-hydrogen) atoms. The van der Waals surface area contributed by atoms with Gasteiger partial charge in [-0.2, -0.15) is 0 Å². The Morgan fingerprint density at radius 1 is 0.357 bits per heavy atom. The summed E-state index contributed by atoms with van der Waals surface area (Å²) in [6, 6.07) is 54.4. The third kappa shape index (κ3) is 3.45. The van der Waals surface area contributed by atoms with Gasteiger partial charge in [0.15, 0.2) is 0 Å². The van der Waals surface area contributed by atoms with E-state index in [1.165, 1.54) is 37.7 Å². The van der Waals surface area contributed by atoms with Gasteiger partial charge in [-0.15, -0.1) is 0 Å². The van der Waals surface area contributed by atoms with Gasteiger partial charge in [0.25, 0.3) is 0 Å². The Hall–Kier alpha value is -5.60. The Bertz CT molecular complexity index is 2480. The topological polar surface area (TPSA) is 16.4 Å². The van der Waals surface area contributed by atoms with E-state index < -0.39 is 0 Å². The van der Waals surface area contributed by atoms with Crippen molar-refractivity contribution in [2.24, 2.45) is 0 Å². The summed E-state index contributed by atoms with van der Waals surface area (Å²) in [5.41, 5.74) is 5.12. The summed E-state index contributed by atoms with van der Waals surface area (Å²) in [6.45, 7) is 0. The summed E-state index contributed by atoms with van der Waals surface area (Å²) >= 11 is 0. The standard InChI is InChI=1S/C40H25NO/c1-4-12-32-27(9-1)16-17-29-24-30(19-22-33(29)32)41(38-15-7-11-26-8-2-5-13-34(26)38)31-20-23-36-37-21-18-28-10-3-6-14-35(28)40(37)42-39(36)25-31/h1-25H. The molecule has 2 heteroatoms. The number of hydrogen-bond acceptors (Lipinski definition) is 2. The van der Waals surface area contributed by atoms with Crippen LogP contribution in [-0.2, 0) is 0 Å². The highest BCUT2D eigenvalue weighted by Crippen LogP contribution is 2.43. The molecule has 0 amide bonds. The van der Waals surface area contributed by atoms with E-state index in [4.69, 9.17) is 4.42 Å². The predicted molar refractivity (Wildman–Crippen MR) is 178 cm³/mol. The molecule has 0 spiro atoms. The maximum absolute atomic E-state index is 6.61. The molecule has 196 valence electrons. The van der Waals surface area contributed by atoms with Gasteiger partial charge in [0.1, 0.15) is 11.2 Å². The van der Waals surface area contributed by atoms with Crippen molar-refractivity contribution in [3.05, 3.63) is 152 Å². The van der Waals surface area contributed by atoms with E-state index in [9.17, 15) is 0 Å². The maximum Gasteiger partial charge on any atom is 0.143 e. The minimum atomic E-state index is 0.885. The first-order valence-corrected chi connectivity index (χ1v) is 14.4. The molecule has 0 saturated carbocycles. The van der Waals surface area contributed by atoms with Crippen molar-refractivity contribution in [3.63, 3.8) is 0 Å². The van der Waals surface area contributed by atoms with Gasteiger partial charge in [-0.1, -0.05) is 109 Å². The second-order valence-electron chi connectivity index (χ2n) is 11.0. The molecule has 0 aliphatic heterocycles. The van der Waals surface area contributed by atoms with E-state index >= 15 is 0 Å². The van der Waals surface area contributed by atoms with Crippen LogP contribution in [0.25, 0.3) is 65.0 Å². The van der Waals surface area contributed by atoms with Gasteiger partial charge in [-0.05, 0) is 68.7 Å². The van der Waals surface area contributed by atoms with E-state index in [-0.39, 0.29) is 0 Å². The Morgan fingerprint density at radius 3 is 1.74 bits per heavy atom. The van der Waals surface area contributed by atoms with E-state index in [0.29, 0.717) is 0 Å². The SMILES string of the molecule is c1ccc2c(N(c3ccc4c(ccc5ccccc54)c3)c3ccc4c(c3)oc3c5ccccc5ccc43)cccc2c1. The maximum atomic E-state index is 6.61. The molecule has 1 heterocycles. The summed E-state index contributed by atoms with van der Waals surface area (Å²) in [6.07, 6.45) is 0. The first-order chi connectivity index (χ1) is 20.8. The smallest absolute Gasteiger partial charge is 0.143 e. The van der Waals surface area contributed by atoms with Crippen molar-refractivity contribution in [2.75, 3.05) is 4.90 Å². The molecule has 0 bridgehead atoms. The molecule has 8 aromatic carbocycles. The molecule has 2 nitrogen and oxygen atoms in total. The Labute approximate surface area is 242 Å². The molecular formula is C40H25NO. The first-order valence-electron chi connectivity index (χ1n) is 14.4. The minimum Gasteiger partial charge on any atom is -0.455 e. The van der Waals surface area contributed by atoms with Crippen molar-refractivity contribution in [3.8, 4) is 0 Å². The largest absolute Gasteiger partial charge is 0.455 e. The first kappa shape index (κ1) is 23.1. The van der Waals surface area contributed by atoms with Gasteiger partial charge in [-0.25, -0.2) is 0 Å². The second kappa shape index (κ2) is 8.95. The van der Waals surface area contributed by atoms with Gasteiger partial charge in [0.05, 0.1) is 5.69 Å². The quantitative estimate of drug-likeness (QED) is 0.209. The van der Waals surface area contributed by atoms with Crippen LogP contribution in [0.2, 0.25) is 0 Å². The fourth-order valence-corrected chi connectivity index (χ4v) is 6.60. The molecular weight excluding hydrogens is 510 g/mol. The lowest BCUT2D eigenvalue weighted by Gasteiger charge is -2.27. The molecule has 0 unspecified atom stereocenters. The zero-order chi connectivity index (χ0) is 27.6. The van der Waals surface area contributed by atoms with Crippen LogP contribution < -0.4 is 4.90 Å². The lowest BCUT2D eigenvalue weighted by Crippen LogP contribution is -2.10. The summed E-state index contributed by atoms with van der Waals surface area (Å²) < 4.78 is 6.61. The van der Waals surface area contributed by atoms with Crippen LogP contribution in [0.15, 0.2) is 156 Å². The third-order valence-electron chi connectivity index (χ3n) is 8.60. The molecule has 0 atom stereocenters. The van der Waals surface area contributed by atoms with Crippen molar-refractivity contribution >= 4 is 82.1 Å². The molecule has 0 saturated heterocycles. The van der Waals surface area contributed by atoms with Crippen LogP contribution in [0, 0.1) is 0 Å². The lowest BCUT2D eigenvalue weighted by molar-refractivity contribution is 0.673. The Balaban J connectivity index is 1.30. The number of benzene rings is 8. The van der Waals surface area contributed by atoms with Gasteiger partial charge >= 0.3 is 0 Å². The number of hydrogen-bond donors (Lipinski definition) is 0. The summed E-state index contributed by atoms with van der Waals surface area (Å²) in [5, 5.41) is 12.0. The van der Waals surface area contributed by atoms with Gasteiger partial charge < -0.3 is 9.32 Å².